The van der Waals surface area contributed by atoms with E-state index in [1.54, 1.807) is 6.92 Å². The van der Waals surface area contributed by atoms with E-state index in [1.165, 1.54) is 0 Å². The second kappa shape index (κ2) is 6.55. The van der Waals surface area contributed by atoms with Gasteiger partial charge in [0.2, 0.25) is 10.0 Å². The first kappa shape index (κ1) is 18.9. The van der Waals surface area contributed by atoms with Crippen molar-refractivity contribution in [2.45, 2.75) is 30.5 Å². The molecule has 0 aliphatic rings. The van der Waals surface area contributed by atoms with Crippen LogP contribution in [0.25, 0.3) is 0 Å². The van der Waals surface area contributed by atoms with Crippen LogP contribution in [0.1, 0.15) is 18.1 Å². The molecule has 1 rings (SSSR count). The van der Waals surface area contributed by atoms with Crippen LogP contribution in [0.15, 0.2) is 23.1 Å². The SMILES string of the molecule is Cc1c(C(F)(F)F)cccc1S(=O)(=O)NC(C)(CBr)CBr. The summed E-state index contributed by atoms with van der Waals surface area (Å²) in [5.74, 6) is 0. The van der Waals surface area contributed by atoms with Crippen LogP contribution in [-0.4, -0.2) is 24.6 Å². The summed E-state index contributed by atoms with van der Waals surface area (Å²) < 4.78 is 65.7. The molecule has 1 N–H and O–H groups in total. The molecule has 0 bridgehead atoms. The maximum Gasteiger partial charge on any atom is 0.416 e. The fourth-order valence-corrected chi connectivity index (χ4v) is 4.94. The highest BCUT2D eigenvalue weighted by Gasteiger charge is 2.36. The van der Waals surface area contributed by atoms with Crippen LogP contribution < -0.4 is 4.72 Å². The van der Waals surface area contributed by atoms with Gasteiger partial charge in [-0.25, -0.2) is 13.1 Å². The predicted octanol–water partition coefficient (Wildman–Crippen LogP) is 3.84. The lowest BCUT2D eigenvalue weighted by Gasteiger charge is -2.26. The monoisotopic (exact) mass is 451 g/mol. The molecule has 0 spiro atoms. The molecule has 21 heavy (non-hydrogen) atoms. The molecule has 0 aliphatic heterocycles. The van der Waals surface area contributed by atoms with E-state index in [0.29, 0.717) is 10.7 Å². The topological polar surface area (TPSA) is 46.2 Å². The van der Waals surface area contributed by atoms with Gasteiger partial charge in [0.05, 0.1) is 10.5 Å². The predicted molar refractivity (Wildman–Crippen MR) is 82.5 cm³/mol. The molecule has 0 saturated heterocycles. The Bertz CT molecular complexity index is 613. The molecule has 120 valence electrons. The number of hydrogen-bond acceptors (Lipinski definition) is 2. The molecular formula is C12H14Br2F3NO2S. The zero-order valence-corrected chi connectivity index (χ0v) is 15.2. The normalized spacial score (nSPS) is 13.5. The molecule has 0 aliphatic carbocycles. The van der Waals surface area contributed by atoms with Crippen LogP contribution in [0.5, 0.6) is 0 Å². The quantitative estimate of drug-likeness (QED) is 0.690. The number of hydrogen-bond donors (Lipinski definition) is 1. The van der Waals surface area contributed by atoms with E-state index in [2.05, 4.69) is 36.6 Å². The largest absolute Gasteiger partial charge is 0.416 e. The Kier molecular flexibility index (Phi) is 5.91. The van der Waals surface area contributed by atoms with Crippen LogP contribution in [0.4, 0.5) is 13.2 Å². The second-order valence-electron chi connectivity index (χ2n) is 4.86. The summed E-state index contributed by atoms with van der Waals surface area (Å²) in [6, 6.07) is 3.11. The third-order valence-corrected chi connectivity index (χ3v) is 7.11. The molecule has 0 unspecified atom stereocenters. The lowest BCUT2D eigenvalue weighted by atomic mass is 10.1. The third-order valence-electron chi connectivity index (χ3n) is 2.85. The van der Waals surface area contributed by atoms with Crippen molar-refractivity contribution in [3.63, 3.8) is 0 Å². The molecule has 9 heteroatoms. The Labute approximate surface area is 138 Å². The number of benzene rings is 1. The lowest BCUT2D eigenvalue weighted by molar-refractivity contribution is -0.138. The van der Waals surface area contributed by atoms with Crippen LogP contribution >= 0.6 is 31.9 Å². The van der Waals surface area contributed by atoms with Crippen molar-refractivity contribution in [2.24, 2.45) is 0 Å². The standard InChI is InChI=1S/C12H14Br2F3NO2S/c1-8-9(12(15,16)17)4-3-5-10(8)21(19,20)18-11(2,6-13)7-14/h3-5,18H,6-7H2,1-2H3. The molecule has 0 radical (unpaired) electrons. The van der Waals surface area contributed by atoms with Crippen molar-refractivity contribution in [3.8, 4) is 0 Å². The third kappa shape index (κ3) is 4.43. The molecule has 3 nitrogen and oxygen atoms in total. The van der Waals surface area contributed by atoms with Crippen LogP contribution in [0.2, 0.25) is 0 Å². The van der Waals surface area contributed by atoms with Gasteiger partial charge in [0.25, 0.3) is 0 Å². The molecule has 0 fully saturated rings. The Morgan fingerprint density at radius 3 is 2.14 bits per heavy atom. The van der Waals surface area contributed by atoms with E-state index in [-0.39, 0.29) is 10.5 Å². The minimum Gasteiger partial charge on any atom is -0.207 e. The van der Waals surface area contributed by atoms with Gasteiger partial charge in [0.15, 0.2) is 0 Å². The first-order valence-corrected chi connectivity index (χ1v) is 9.52. The highest BCUT2D eigenvalue weighted by molar-refractivity contribution is 9.09. The summed E-state index contributed by atoms with van der Waals surface area (Å²) in [6.45, 7) is 2.79. The smallest absolute Gasteiger partial charge is 0.207 e. The Morgan fingerprint density at radius 2 is 1.71 bits per heavy atom. The minimum atomic E-state index is -4.59. The van der Waals surface area contributed by atoms with Crippen molar-refractivity contribution >= 4 is 41.9 Å². The summed E-state index contributed by atoms with van der Waals surface area (Å²) in [5.41, 5.74) is -2.12. The van der Waals surface area contributed by atoms with Gasteiger partial charge in [-0.3, -0.25) is 0 Å². The van der Waals surface area contributed by atoms with Gasteiger partial charge in [-0.05, 0) is 31.5 Å². The lowest BCUT2D eigenvalue weighted by Crippen LogP contribution is -2.48. The highest BCUT2D eigenvalue weighted by atomic mass is 79.9. The van der Waals surface area contributed by atoms with Gasteiger partial charge < -0.3 is 0 Å². The number of halogens is 5. The first-order valence-electron chi connectivity index (χ1n) is 5.79. The van der Waals surface area contributed by atoms with Crippen LogP contribution in [-0.2, 0) is 16.2 Å². The zero-order valence-electron chi connectivity index (χ0n) is 11.3. The molecule has 0 heterocycles. The number of alkyl halides is 5. The molecule has 0 saturated carbocycles. The van der Waals surface area contributed by atoms with Crippen molar-refractivity contribution in [2.75, 3.05) is 10.7 Å². The molecule has 0 atom stereocenters. The highest BCUT2D eigenvalue weighted by Crippen LogP contribution is 2.34. The molecule has 1 aromatic carbocycles. The fourth-order valence-electron chi connectivity index (χ4n) is 1.68. The van der Waals surface area contributed by atoms with E-state index in [0.717, 1.165) is 25.1 Å². The summed E-state index contributed by atoms with van der Waals surface area (Å²) in [7, 11) is -4.07. The zero-order chi connectivity index (χ0) is 16.5. The Balaban J connectivity index is 3.34. The van der Waals surface area contributed by atoms with Crippen LogP contribution in [0, 0.1) is 6.92 Å². The van der Waals surface area contributed by atoms with Gasteiger partial charge in [0, 0.05) is 16.2 Å². The van der Waals surface area contributed by atoms with Crippen molar-refractivity contribution < 1.29 is 21.6 Å². The van der Waals surface area contributed by atoms with Crippen molar-refractivity contribution in [1.82, 2.24) is 4.72 Å². The van der Waals surface area contributed by atoms with Gasteiger partial charge >= 0.3 is 6.18 Å². The summed E-state index contributed by atoms with van der Waals surface area (Å²) in [6.07, 6.45) is -4.59. The van der Waals surface area contributed by atoms with E-state index < -0.39 is 27.3 Å². The van der Waals surface area contributed by atoms with Crippen LogP contribution in [0.3, 0.4) is 0 Å². The number of nitrogens with one attached hydrogen (secondary N) is 1. The van der Waals surface area contributed by atoms with Gasteiger partial charge in [-0.15, -0.1) is 0 Å². The van der Waals surface area contributed by atoms with E-state index in [9.17, 15) is 21.6 Å². The Morgan fingerprint density at radius 1 is 1.19 bits per heavy atom. The van der Waals surface area contributed by atoms with Gasteiger partial charge in [-0.2, -0.15) is 13.2 Å². The maximum absolute atomic E-state index is 12.9. The summed E-state index contributed by atoms with van der Waals surface area (Å²) >= 11 is 6.37. The van der Waals surface area contributed by atoms with Crippen molar-refractivity contribution in [3.05, 3.63) is 29.3 Å². The average molecular weight is 453 g/mol. The molecule has 0 amide bonds. The fraction of sp³-hybridized carbons (Fsp3) is 0.500. The average Bonchev–Trinajstić information content (AvgIpc) is 2.36. The Hall–Kier alpha value is -0.120. The number of sulfonamides is 1. The summed E-state index contributed by atoms with van der Waals surface area (Å²) in [5, 5.41) is 0.616. The second-order valence-corrected chi connectivity index (χ2v) is 7.63. The molecule has 1 aromatic rings. The maximum atomic E-state index is 12.9. The first-order chi connectivity index (χ1) is 9.47. The molecular weight excluding hydrogens is 439 g/mol. The number of rotatable bonds is 5. The van der Waals surface area contributed by atoms with E-state index in [4.69, 9.17) is 0 Å². The van der Waals surface area contributed by atoms with Gasteiger partial charge in [0.1, 0.15) is 0 Å². The summed E-state index contributed by atoms with van der Waals surface area (Å²) in [4.78, 5) is -0.370. The molecule has 0 aromatic heterocycles. The van der Waals surface area contributed by atoms with Crippen molar-refractivity contribution in [1.29, 1.82) is 0 Å². The minimum absolute atomic E-state index is 0.308. The van der Waals surface area contributed by atoms with E-state index in [1.807, 2.05) is 0 Å². The van der Waals surface area contributed by atoms with E-state index >= 15 is 0 Å². The van der Waals surface area contributed by atoms with Gasteiger partial charge in [-0.1, -0.05) is 37.9 Å².